The molecule has 1 unspecified atom stereocenters. The van der Waals surface area contributed by atoms with E-state index in [1.54, 1.807) is 6.20 Å². The molecule has 3 heteroatoms. The molecule has 0 bridgehead atoms. The standard InChI is InChI=1S/C10H10N2O/c11-7-10(13)4-3-9-8(6-10)2-1-5-12-9/h1-2,5,13H,3-4,6H2. The van der Waals surface area contributed by atoms with E-state index in [0.29, 0.717) is 19.3 Å². The van der Waals surface area contributed by atoms with Crippen molar-refractivity contribution in [2.75, 3.05) is 0 Å². The Labute approximate surface area is 76.7 Å². The van der Waals surface area contributed by atoms with Crippen LogP contribution >= 0.6 is 0 Å². The second kappa shape index (κ2) is 2.82. The highest BCUT2D eigenvalue weighted by molar-refractivity contribution is 5.28. The van der Waals surface area contributed by atoms with Gasteiger partial charge in [0.2, 0.25) is 0 Å². The Balaban J connectivity index is 2.36. The van der Waals surface area contributed by atoms with Crippen LogP contribution in [0.2, 0.25) is 0 Å². The van der Waals surface area contributed by atoms with Gasteiger partial charge in [-0.05, 0) is 24.5 Å². The summed E-state index contributed by atoms with van der Waals surface area (Å²) in [6.07, 6.45) is 3.34. The molecule has 0 amide bonds. The van der Waals surface area contributed by atoms with Gasteiger partial charge in [-0.25, -0.2) is 0 Å². The Hall–Kier alpha value is -1.40. The molecule has 0 saturated heterocycles. The molecule has 1 heterocycles. The Kier molecular flexibility index (Phi) is 1.78. The van der Waals surface area contributed by atoms with Crippen LogP contribution in [0.5, 0.6) is 0 Å². The molecule has 66 valence electrons. The van der Waals surface area contributed by atoms with Crippen molar-refractivity contribution < 1.29 is 5.11 Å². The molecule has 2 rings (SSSR count). The van der Waals surface area contributed by atoms with Gasteiger partial charge in [-0.3, -0.25) is 4.98 Å². The van der Waals surface area contributed by atoms with Gasteiger partial charge in [0.1, 0.15) is 0 Å². The van der Waals surface area contributed by atoms with Crippen LogP contribution in [-0.4, -0.2) is 15.7 Å². The van der Waals surface area contributed by atoms with Gasteiger partial charge < -0.3 is 5.11 Å². The highest BCUT2D eigenvalue weighted by atomic mass is 16.3. The molecule has 0 spiro atoms. The molecule has 3 nitrogen and oxygen atoms in total. The minimum absolute atomic E-state index is 0.409. The van der Waals surface area contributed by atoms with Gasteiger partial charge in [-0.1, -0.05) is 6.07 Å². The highest BCUT2D eigenvalue weighted by Crippen LogP contribution is 2.26. The number of fused-ring (bicyclic) bond motifs is 1. The first-order valence-corrected chi connectivity index (χ1v) is 4.30. The molecule has 0 saturated carbocycles. The molecule has 0 fully saturated rings. The number of hydrogen-bond acceptors (Lipinski definition) is 3. The average molecular weight is 174 g/mol. The van der Waals surface area contributed by atoms with Gasteiger partial charge in [0.25, 0.3) is 0 Å². The van der Waals surface area contributed by atoms with Crippen molar-refractivity contribution in [3.8, 4) is 6.07 Å². The van der Waals surface area contributed by atoms with Gasteiger partial charge in [-0.2, -0.15) is 5.26 Å². The summed E-state index contributed by atoms with van der Waals surface area (Å²) in [6.45, 7) is 0. The minimum Gasteiger partial charge on any atom is -0.375 e. The lowest BCUT2D eigenvalue weighted by Crippen LogP contribution is -2.34. The zero-order chi connectivity index (χ0) is 9.31. The summed E-state index contributed by atoms with van der Waals surface area (Å²) in [4.78, 5) is 4.20. The van der Waals surface area contributed by atoms with Crippen LogP contribution in [0, 0.1) is 11.3 Å². The fourth-order valence-corrected chi connectivity index (χ4v) is 1.68. The number of pyridine rings is 1. The predicted octanol–water partition coefficient (Wildman–Crippen LogP) is 0.825. The summed E-state index contributed by atoms with van der Waals surface area (Å²) in [5.74, 6) is 0. The molecule has 1 aliphatic carbocycles. The van der Waals surface area contributed by atoms with Crippen molar-refractivity contribution in [3.63, 3.8) is 0 Å². The Morgan fingerprint density at radius 1 is 1.62 bits per heavy atom. The van der Waals surface area contributed by atoms with Gasteiger partial charge >= 0.3 is 0 Å². The van der Waals surface area contributed by atoms with E-state index in [1.165, 1.54) is 0 Å². The summed E-state index contributed by atoms with van der Waals surface area (Å²) in [5.41, 5.74) is 0.843. The normalized spacial score (nSPS) is 26.2. The molecule has 13 heavy (non-hydrogen) atoms. The number of nitriles is 1. The van der Waals surface area contributed by atoms with Crippen molar-refractivity contribution in [3.05, 3.63) is 29.6 Å². The van der Waals surface area contributed by atoms with E-state index < -0.39 is 5.60 Å². The Morgan fingerprint density at radius 3 is 3.23 bits per heavy atom. The fraction of sp³-hybridized carbons (Fsp3) is 0.400. The lowest BCUT2D eigenvalue weighted by Gasteiger charge is -2.26. The molecule has 1 N–H and O–H groups in total. The Bertz CT molecular complexity index is 369. The monoisotopic (exact) mass is 174 g/mol. The summed E-state index contributed by atoms with van der Waals surface area (Å²) in [6, 6.07) is 5.70. The number of aryl methyl sites for hydroxylation is 1. The number of rotatable bonds is 0. The third kappa shape index (κ3) is 1.41. The first-order chi connectivity index (χ1) is 6.23. The van der Waals surface area contributed by atoms with Crippen LogP contribution in [0.4, 0.5) is 0 Å². The molecular weight excluding hydrogens is 164 g/mol. The van der Waals surface area contributed by atoms with Gasteiger partial charge in [0.15, 0.2) is 5.60 Å². The summed E-state index contributed by atoms with van der Waals surface area (Å²) < 4.78 is 0. The minimum atomic E-state index is -1.17. The molecule has 1 aromatic heterocycles. The summed E-state index contributed by atoms with van der Waals surface area (Å²) in [5, 5.41) is 18.5. The quantitative estimate of drug-likeness (QED) is 0.592. The van der Waals surface area contributed by atoms with E-state index in [1.807, 2.05) is 18.2 Å². The zero-order valence-corrected chi connectivity index (χ0v) is 7.20. The Morgan fingerprint density at radius 2 is 2.46 bits per heavy atom. The maximum atomic E-state index is 9.74. The smallest absolute Gasteiger partial charge is 0.155 e. The third-order valence-electron chi connectivity index (χ3n) is 2.45. The first kappa shape index (κ1) is 8.21. The number of aromatic nitrogens is 1. The maximum absolute atomic E-state index is 9.74. The third-order valence-corrected chi connectivity index (χ3v) is 2.45. The van der Waals surface area contributed by atoms with Crippen LogP contribution in [0.15, 0.2) is 18.3 Å². The van der Waals surface area contributed by atoms with E-state index in [4.69, 9.17) is 5.26 Å². The van der Waals surface area contributed by atoms with Gasteiger partial charge in [0, 0.05) is 18.3 Å². The molecule has 1 atom stereocenters. The fourth-order valence-electron chi connectivity index (χ4n) is 1.68. The molecule has 0 aromatic carbocycles. The van der Waals surface area contributed by atoms with Crippen molar-refractivity contribution in [2.45, 2.75) is 24.9 Å². The van der Waals surface area contributed by atoms with Crippen LogP contribution in [0.3, 0.4) is 0 Å². The van der Waals surface area contributed by atoms with Gasteiger partial charge in [-0.15, -0.1) is 0 Å². The number of hydrogen-bond donors (Lipinski definition) is 1. The molecule has 1 aromatic rings. The predicted molar refractivity (Wildman–Crippen MR) is 46.8 cm³/mol. The molecule has 1 aliphatic rings. The first-order valence-electron chi connectivity index (χ1n) is 4.30. The van der Waals surface area contributed by atoms with Crippen molar-refractivity contribution in [1.82, 2.24) is 4.98 Å². The molecular formula is C10H10N2O. The van der Waals surface area contributed by atoms with Gasteiger partial charge in [0.05, 0.1) is 6.07 Å². The highest BCUT2D eigenvalue weighted by Gasteiger charge is 2.32. The maximum Gasteiger partial charge on any atom is 0.155 e. The van der Waals surface area contributed by atoms with Crippen LogP contribution in [0.25, 0.3) is 0 Å². The SMILES string of the molecule is N#CC1(O)CCc2ncccc2C1. The van der Waals surface area contributed by atoms with Crippen LogP contribution in [-0.2, 0) is 12.8 Å². The average Bonchev–Trinajstić information content (AvgIpc) is 2.18. The zero-order valence-electron chi connectivity index (χ0n) is 7.20. The van der Waals surface area contributed by atoms with Crippen molar-refractivity contribution >= 4 is 0 Å². The van der Waals surface area contributed by atoms with E-state index in [-0.39, 0.29) is 0 Å². The molecule has 0 aliphatic heterocycles. The number of nitrogens with zero attached hydrogens (tertiary/aromatic N) is 2. The van der Waals surface area contributed by atoms with E-state index in [0.717, 1.165) is 11.3 Å². The summed E-state index contributed by atoms with van der Waals surface area (Å²) in [7, 11) is 0. The van der Waals surface area contributed by atoms with E-state index in [9.17, 15) is 5.11 Å². The second-order valence-corrected chi connectivity index (χ2v) is 3.43. The van der Waals surface area contributed by atoms with Crippen molar-refractivity contribution in [1.29, 1.82) is 5.26 Å². The van der Waals surface area contributed by atoms with Crippen molar-refractivity contribution in [2.24, 2.45) is 0 Å². The lowest BCUT2D eigenvalue weighted by molar-refractivity contribution is 0.0833. The van der Waals surface area contributed by atoms with Crippen LogP contribution in [0.1, 0.15) is 17.7 Å². The van der Waals surface area contributed by atoms with E-state index in [2.05, 4.69) is 4.98 Å². The summed E-state index contributed by atoms with van der Waals surface area (Å²) >= 11 is 0. The number of aliphatic hydroxyl groups is 1. The lowest BCUT2D eigenvalue weighted by atomic mass is 9.84. The topological polar surface area (TPSA) is 56.9 Å². The van der Waals surface area contributed by atoms with E-state index >= 15 is 0 Å². The largest absolute Gasteiger partial charge is 0.375 e. The van der Waals surface area contributed by atoms with Crippen LogP contribution < -0.4 is 0 Å². The second-order valence-electron chi connectivity index (χ2n) is 3.43. The molecule has 0 radical (unpaired) electrons.